The van der Waals surface area contributed by atoms with E-state index in [1.54, 1.807) is 25.1 Å². The smallest absolute Gasteiger partial charge is 0.127 e. The topological polar surface area (TPSA) is 78.2 Å². The lowest BCUT2D eigenvalue weighted by Gasteiger charge is -2.27. The Morgan fingerprint density at radius 3 is 2.28 bits per heavy atom. The average molecular weight is 442 g/mol. The Labute approximate surface area is 188 Å². The Balaban J connectivity index is 1.68. The molecule has 0 amide bonds. The summed E-state index contributed by atoms with van der Waals surface area (Å²) in [6.07, 6.45) is 2.97. The van der Waals surface area contributed by atoms with E-state index < -0.39 is 6.10 Å². The van der Waals surface area contributed by atoms with Gasteiger partial charge in [-0.15, -0.1) is 0 Å². The fourth-order valence-corrected chi connectivity index (χ4v) is 3.32. The molecule has 8 heteroatoms. The molecule has 3 aromatic rings. The Hall–Kier alpha value is -3.39. The van der Waals surface area contributed by atoms with Crippen LogP contribution in [0.3, 0.4) is 0 Å². The minimum absolute atomic E-state index is 0.157. The van der Waals surface area contributed by atoms with Gasteiger partial charge >= 0.3 is 0 Å². The molecule has 1 unspecified atom stereocenters. The molecule has 32 heavy (non-hydrogen) atoms. The zero-order valence-electron chi connectivity index (χ0n) is 19.0. The number of aliphatic hydroxyl groups excluding tert-OH is 1. The van der Waals surface area contributed by atoms with Crippen molar-refractivity contribution in [1.29, 1.82) is 0 Å². The van der Waals surface area contributed by atoms with Crippen molar-refractivity contribution in [2.75, 3.05) is 38.9 Å². The van der Waals surface area contributed by atoms with E-state index in [9.17, 15) is 5.11 Å². The number of rotatable bonds is 12. The Morgan fingerprint density at radius 1 is 1.00 bits per heavy atom. The van der Waals surface area contributed by atoms with Crippen LogP contribution in [-0.2, 0) is 13.6 Å². The molecule has 1 atom stereocenters. The molecule has 0 aliphatic carbocycles. The standard InChI is InChI=1S/C24H31N3O5/c1-5-31-21-8-10-22(11-9-21)32-17-20(28)16-27(19-13-25-26(2)15-19)14-18-6-7-23(29-3)12-24(18)30-4/h6-13,15,20,28H,5,14,16-17H2,1-4H3. The Bertz CT molecular complexity index is 974. The molecule has 0 aliphatic heterocycles. The van der Waals surface area contributed by atoms with Crippen LogP contribution < -0.4 is 23.8 Å². The molecule has 0 aliphatic rings. The summed E-state index contributed by atoms with van der Waals surface area (Å²) in [6.45, 7) is 3.60. The quantitative estimate of drug-likeness (QED) is 0.462. The summed E-state index contributed by atoms with van der Waals surface area (Å²) < 4.78 is 23.8. The number of hydrogen-bond acceptors (Lipinski definition) is 7. The van der Waals surface area contributed by atoms with Crippen LogP contribution in [0.5, 0.6) is 23.0 Å². The summed E-state index contributed by atoms with van der Waals surface area (Å²) >= 11 is 0. The molecule has 0 saturated heterocycles. The first-order chi connectivity index (χ1) is 15.5. The van der Waals surface area contributed by atoms with Gasteiger partial charge in [-0.3, -0.25) is 4.68 Å². The predicted molar refractivity (Wildman–Crippen MR) is 123 cm³/mol. The monoisotopic (exact) mass is 441 g/mol. The molecule has 0 bridgehead atoms. The lowest BCUT2D eigenvalue weighted by molar-refractivity contribution is 0.112. The van der Waals surface area contributed by atoms with E-state index in [0.717, 1.165) is 28.5 Å². The van der Waals surface area contributed by atoms with Crippen LogP contribution in [0.15, 0.2) is 54.9 Å². The van der Waals surface area contributed by atoms with Gasteiger partial charge in [-0.1, -0.05) is 0 Å². The van der Waals surface area contributed by atoms with Crippen molar-refractivity contribution in [2.45, 2.75) is 19.6 Å². The van der Waals surface area contributed by atoms with E-state index in [0.29, 0.717) is 25.4 Å². The maximum absolute atomic E-state index is 10.7. The van der Waals surface area contributed by atoms with Crippen molar-refractivity contribution in [3.8, 4) is 23.0 Å². The third kappa shape index (κ3) is 6.31. The van der Waals surface area contributed by atoms with Crippen LogP contribution in [0.4, 0.5) is 5.69 Å². The lowest BCUT2D eigenvalue weighted by atomic mass is 10.1. The van der Waals surface area contributed by atoms with Crippen molar-refractivity contribution in [2.24, 2.45) is 7.05 Å². The van der Waals surface area contributed by atoms with Gasteiger partial charge in [-0.2, -0.15) is 5.10 Å². The highest BCUT2D eigenvalue weighted by atomic mass is 16.5. The minimum Gasteiger partial charge on any atom is -0.497 e. The van der Waals surface area contributed by atoms with E-state index in [4.69, 9.17) is 18.9 Å². The summed E-state index contributed by atoms with van der Waals surface area (Å²) in [5.41, 5.74) is 1.86. The zero-order valence-corrected chi connectivity index (χ0v) is 19.0. The van der Waals surface area contributed by atoms with Gasteiger partial charge in [-0.25, -0.2) is 0 Å². The highest BCUT2D eigenvalue weighted by Crippen LogP contribution is 2.27. The largest absolute Gasteiger partial charge is 0.497 e. The maximum Gasteiger partial charge on any atom is 0.127 e. The molecule has 2 aromatic carbocycles. The highest BCUT2D eigenvalue weighted by Gasteiger charge is 2.18. The van der Waals surface area contributed by atoms with Crippen LogP contribution in [0.1, 0.15) is 12.5 Å². The fourth-order valence-electron chi connectivity index (χ4n) is 3.32. The van der Waals surface area contributed by atoms with Gasteiger partial charge in [-0.05, 0) is 43.3 Å². The Morgan fingerprint density at radius 2 is 1.69 bits per heavy atom. The van der Waals surface area contributed by atoms with Crippen molar-refractivity contribution in [1.82, 2.24) is 9.78 Å². The number of hydrogen-bond donors (Lipinski definition) is 1. The average Bonchev–Trinajstić information content (AvgIpc) is 3.24. The summed E-state index contributed by atoms with van der Waals surface area (Å²) in [4.78, 5) is 2.05. The summed E-state index contributed by atoms with van der Waals surface area (Å²) in [7, 11) is 5.12. The third-order valence-corrected chi connectivity index (χ3v) is 4.92. The highest BCUT2D eigenvalue weighted by molar-refractivity contribution is 5.47. The summed E-state index contributed by atoms with van der Waals surface area (Å²) in [6, 6.07) is 13.1. The van der Waals surface area contributed by atoms with Crippen molar-refractivity contribution in [3.63, 3.8) is 0 Å². The number of methoxy groups -OCH3 is 2. The molecular formula is C24H31N3O5. The van der Waals surface area contributed by atoms with Crippen molar-refractivity contribution < 1.29 is 24.1 Å². The zero-order chi connectivity index (χ0) is 22.9. The molecule has 8 nitrogen and oxygen atoms in total. The first kappa shape index (κ1) is 23.3. The lowest BCUT2D eigenvalue weighted by Crippen LogP contribution is -2.35. The molecule has 0 fully saturated rings. The van der Waals surface area contributed by atoms with Crippen LogP contribution >= 0.6 is 0 Å². The SMILES string of the molecule is CCOc1ccc(OCC(O)CN(Cc2ccc(OC)cc2OC)c2cnn(C)c2)cc1. The van der Waals surface area contributed by atoms with Gasteiger partial charge in [0.2, 0.25) is 0 Å². The van der Waals surface area contributed by atoms with Crippen LogP contribution in [0, 0.1) is 0 Å². The van der Waals surface area contributed by atoms with E-state index in [1.165, 1.54) is 0 Å². The second kappa shape index (κ2) is 11.3. The van der Waals surface area contributed by atoms with E-state index in [1.807, 2.05) is 67.5 Å². The number of anilines is 1. The minimum atomic E-state index is -0.717. The number of aryl methyl sites for hydroxylation is 1. The molecule has 0 spiro atoms. The van der Waals surface area contributed by atoms with Crippen molar-refractivity contribution in [3.05, 3.63) is 60.4 Å². The van der Waals surface area contributed by atoms with E-state index in [2.05, 4.69) is 5.10 Å². The number of benzene rings is 2. The maximum atomic E-state index is 10.7. The molecule has 1 aromatic heterocycles. The van der Waals surface area contributed by atoms with Gasteiger partial charge < -0.3 is 29.0 Å². The summed E-state index contributed by atoms with van der Waals surface area (Å²) in [5.74, 6) is 2.91. The van der Waals surface area contributed by atoms with E-state index >= 15 is 0 Å². The molecule has 0 radical (unpaired) electrons. The number of nitrogens with zero attached hydrogens (tertiary/aromatic N) is 3. The molecule has 0 saturated carbocycles. The molecule has 1 heterocycles. The molecule has 1 N–H and O–H groups in total. The van der Waals surface area contributed by atoms with Gasteiger partial charge in [0.05, 0.1) is 32.7 Å². The van der Waals surface area contributed by atoms with Gasteiger partial charge in [0.1, 0.15) is 35.7 Å². The van der Waals surface area contributed by atoms with Gasteiger partial charge in [0, 0.05) is 38.0 Å². The molecule has 172 valence electrons. The predicted octanol–water partition coefficient (Wildman–Crippen LogP) is 3.28. The Kier molecular flexibility index (Phi) is 8.21. The normalized spacial score (nSPS) is 11.7. The first-order valence-electron chi connectivity index (χ1n) is 10.5. The second-order valence-corrected chi connectivity index (χ2v) is 7.30. The van der Waals surface area contributed by atoms with Crippen LogP contribution in [0.2, 0.25) is 0 Å². The fraction of sp³-hybridized carbons (Fsp3) is 0.375. The van der Waals surface area contributed by atoms with E-state index in [-0.39, 0.29) is 6.61 Å². The number of aliphatic hydroxyl groups is 1. The van der Waals surface area contributed by atoms with Gasteiger partial charge in [0.25, 0.3) is 0 Å². The van der Waals surface area contributed by atoms with Crippen LogP contribution in [0.25, 0.3) is 0 Å². The molecule has 3 rings (SSSR count). The third-order valence-electron chi connectivity index (χ3n) is 4.92. The second-order valence-electron chi connectivity index (χ2n) is 7.30. The molecular weight excluding hydrogens is 410 g/mol. The first-order valence-corrected chi connectivity index (χ1v) is 10.5. The van der Waals surface area contributed by atoms with Crippen molar-refractivity contribution >= 4 is 5.69 Å². The summed E-state index contributed by atoms with van der Waals surface area (Å²) in [5, 5.41) is 15.0. The van der Waals surface area contributed by atoms with Crippen LogP contribution in [-0.4, -0.2) is 55.0 Å². The number of ether oxygens (including phenoxy) is 4. The van der Waals surface area contributed by atoms with Gasteiger partial charge in [0.15, 0.2) is 0 Å². The number of aromatic nitrogens is 2.